The van der Waals surface area contributed by atoms with Crippen molar-refractivity contribution in [3.63, 3.8) is 0 Å². The van der Waals surface area contributed by atoms with Crippen molar-refractivity contribution in [1.82, 2.24) is 0 Å². The largest absolute Gasteiger partial charge is 0.432 e. The Morgan fingerprint density at radius 2 is 1.82 bits per heavy atom. The molecule has 1 heterocycles. The lowest BCUT2D eigenvalue weighted by Crippen LogP contribution is -2.64. The molecule has 12 atom stereocenters. The zero-order valence-electron chi connectivity index (χ0n) is 20.2. The monoisotopic (exact) mass is 480 g/mol. The smallest absolute Gasteiger partial charge is 0.314 e. The van der Waals surface area contributed by atoms with Crippen LogP contribution >= 0.6 is 0 Å². The van der Waals surface area contributed by atoms with Gasteiger partial charge in [-0.2, -0.15) is 0 Å². The van der Waals surface area contributed by atoms with E-state index in [1.807, 2.05) is 6.92 Å². The number of carbonyl (C=O) groups is 1. The molecule has 8 nitrogen and oxygen atoms in total. The Hall–Kier alpha value is -1.03. The first-order valence-electron chi connectivity index (χ1n) is 12.9. The standard InChI is InChI=1S/C26H40O8/c1-13-10-26-11-14(13)5-6-16(26)24(2)7-4-8-25(3,17(24)9-18(26)28)23(32)34-22-21(31)20(30)19(29)15(12-27)33-22/h14-22,27-31H,1,4-12H2,2-3H3/t14-,15-,16+,17+,18+,19-,20+,21-,22+,24+,25-,26+/m1/s1. The molecule has 0 unspecified atom stereocenters. The molecule has 0 amide bonds. The number of esters is 1. The minimum Gasteiger partial charge on any atom is -0.432 e. The van der Waals surface area contributed by atoms with Crippen LogP contribution in [0, 0.1) is 34.0 Å². The van der Waals surface area contributed by atoms with Crippen LogP contribution in [-0.4, -0.2) is 74.9 Å². The average Bonchev–Trinajstić information content (AvgIpc) is 3.05. The van der Waals surface area contributed by atoms with Gasteiger partial charge >= 0.3 is 5.97 Å². The Morgan fingerprint density at radius 3 is 2.53 bits per heavy atom. The van der Waals surface area contributed by atoms with Crippen molar-refractivity contribution in [3.05, 3.63) is 12.2 Å². The number of aliphatic hydroxyl groups is 5. The normalized spacial score (nSPS) is 54.8. The second-order valence-electron chi connectivity index (χ2n) is 12.3. The van der Waals surface area contributed by atoms with E-state index in [2.05, 4.69) is 13.5 Å². The molecular weight excluding hydrogens is 440 g/mol. The van der Waals surface area contributed by atoms with Gasteiger partial charge < -0.3 is 35.0 Å². The second-order valence-corrected chi connectivity index (χ2v) is 12.3. The maximum absolute atomic E-state index is 13.7. The maximum Gasteiger partial charge on any atom is 0.314 e. The number of fused-ring (bicyclic) bond motifs is 3. The Labute approximate surface area is 201 Å². The molecule has 0 aromatic carbocycles. The summed E-state index contributed by atoms with van der Waals surface area (Å²) < 4.78 is 11.1. The molecule has 8 heteroatoms. The van der Waals surface area contributed by atoms with E-state index in [-0.39, 0.29) is 16.7 Å². The highest BCUT2D eigenvalue weighted by molar-refractivity contribution is 5.77. The zero-order valence-corrected chi connectivity index (χ0v) is 20.2. The van der Waals surface area contributed by atoms with Gasteiger partial charge in [-0.15, -0.1) is 0 Å². The first-order chi connectivity index (χ1) is 16.0. The summed E-state index contributed by atoms with van der Waals surface area (Å²) in [5.41, 5.74) is 0.103. The number of ether oxygens (including phenoxy) is 2. The van der Waals surface area contributed by atoms with Gasteiger partial charge in [-0.1, -0.05) is 25.5 Å². The second kappa shape index (κ2) is 8.25. The summed E-state index contributed by atoms with van der Waals surface area (Å²) in [6.07, 6.45) is -0.892. The molecule has 5 fully saturated rings. The van der Waals surface area contributed by atoms with Crippen LogP contribution in [0.15, 0.2) is 12.2 Å². The number of rotatable bonds is 3. The summed E-state index contributed by atoms with van der Waals surface area (Å²) in [7, 11) is 0. The van der Waals surface area contributed by atoms with Crippen molar-refractivity contribution in [1.29, 1.82) is 0 Å². The van der Waals surface area contributed by atoms with Crippen molar-refractivity contribution >= 4 is 5.97 Å². The molecule has 0 radical (unpaired) electrons. The summed E-state index contributed by atoms with van der Waals surface area (Å²) in [6, 6.07) is 0. The Kier molecular flexibility index (Phi) is 5.98. The molecule has 34 heavy (non-hydrogen) atoms. The van der Waals surface area contributed by atoms with Gasteiger partial charge in [-0.3, -0.25) is 4.79 Å². The van der Waals surface area contributed by atoms with Crippen molar-refractivity contribution in [2.45, 2.75) is 102 Å². The number of carbonyl (C=O) groups excluding carboxylic acids is 1. The molecule has 0 aromatic heterocycles. The third-order valence-corrected chi connectivity index (χ3v) is 10.7. The first-order valence-corrected chi connectivity index (χ1v) is 12.9. The number of hydrogen-bond donors (Lipinski definition) is 5. The van der Waals surface area contributed by atoms with Gasteiger partial charge in [0.2, 0.25) is 6.29 Å². The van der Waals surface area contributed by atoms with E-state index >= 15 is 0 Å². The molecule has 0 aromatic rings. The van der Waals surface area contributed by atoms with Gasteiger partial charge in [0, 0.05) is 5.41 Å². The molecule has 5 N–H and O–H groups in total. The van der Waals surface area contributed by atoms with Gasteiger partial charge in [0.05, 0.1) is 18.1 Å². The summed E-state index contributed by atoms with van der Waals surface area (Å²) in [6.45, 7) is 7.92. The van der Waals surface area contributed by atoms with Gasteiger partial charge in [0.25, 0.3) is 0 Å². The summed E-state index contributed by atoms with van der Waals surface area (Å²) in [5.74, 6) is 0.184. The SMILES string of the molecule is C=C1C[C@]23C[C@H]1CC[C@H]2[C@]1(C)CCC[C@@](C)(C(=O)O[C@@H]2O[C@H](CO)[C@@H](O)[C@H](O)[C@H]2O)[C@H]1C[C@@H]3O. The number of aliphatic hydroxyl groups excluding tert-OH is 5. The average molecular weight is 481 g/mol. The number of hydrogen-bond acceptors (Lipinski definition) is 8. The molecule has 4 aliphatic carbocycles. The van der Waals surface area contributed by atoms with Crippen LogP contribution in [0.2, 0.25) is 0 Å². The topological polar surface area (TPSA) is 137 Å². The number of allylic oxidation sites excluding steroid dienone is 1. The maximum atomic E-state index is 13.7. The molecular formula is C26H40O8. The molecule has 4 saturated carbocycles. The quantitative estimate of drug-likeness (QED) is 0.301. The molecule has 1 spiro atoms. The van der Waals surface area contributed by atoms with E-state index in [0.717, 1.165) is 38.5 Å². The Morgan fingerprint density at radius 1 is 1.09 bits per heavy atom. The molecule has 5 aliphatic rings. The molecule has 5 rings (SSSR count). The zero-order chi connectivity index (χ0) is 24.6. The van der Waals surface area contributed by atoms with Crippen LogP contribution in [0.25, 0.3) is 0 Å². The van der Waals surface area contributed by atoms with Crippen molar-refractivity contribution < 1.29 is 39.8 Å². The predicted molar refractivity (Wildman–Crippen MR) is 121 cm³/mol. The van der Waals surface area contributed by atoms with Crippen LogP contribution in [0.4, 0.5) is 0 Å². The summed E-state index contributed by atoms with van der Waals surface area (Å²) >= 11 is 0. The first kappa shape index (κ1) is 24.7. The van der Waals surface area contributed by atoms with E-state index in [4.69, 9.17) is 9.47 Å². The van der Waals surface area contributed by atoms with Crippen molar-refractivity contribution in [3.8, 4) is 0 Å². The fraction of sp³-hybridized carbons (Fsp3) is 0.885. The Balaban J connectivity index is 1.41. The van der Waals surface area contributed by atoms with Crippen LogP contribution < -0.4 is 0 Å². The third kappa shape index (κ3) is 3.29. The van der Waals surface area contributed by atoms with E-state index in [0.29, 0.717) is 24.7 Å². The molecule has 192 valence electrons. The Bertz CT molecular complexity index is 845. The highest BCUT2D eigenvalue weighted by atomic mass is 16.7. The van der Waals surface area contributed by atoms with Gasteiger partial charge in [-0.25, -0.2) is 0 Å². The van der Waals surface area contributed by atoms with Crippen LogP contribution in [0.1, 0.15) is 65.2 Å². The lowest BCUT2D eigenvalue weighted by Gasteiger charge is -2.65. The summed E-state index contributed by atoms with van der Waals surface area (Å²) in [5, 5.41) is 51.5. The van der Waals surface area contributed by atoms with Crippen LogP contribution in [0.5, 0.6) is 0 Å². The van der Waals surface area contributed by atoms with Gasteiger partial charge in [0.15, 0.2) is 0 Å². The van der Waals surface area contributed by atoms with Gasteiger partial charge in [-0.05, 0) is 75.0 Å². The van der Waals surface area contributed by atoms with E-state index in [1.54, 1.807) is 0 Å². The minimum atomic E-state index is -1.62. The fourth-order valence-electron chi connectivity index (χ4n) is 8.91. The lowest BCUT2D eigenvalue weighted by molar-refractivity contribution is -0.298. The van der Waals surface area contributed by atoms with Gasteiger partial charge in [0.1, 0.15) is 24.4 Å². The minimum absolute atomic E-state index is 0.0952. The molecule has 1 saturated heterocycles. The highest BCUT2D eigenvalue weighted by Crippen LogP contribution is 2.72. The predicted octanol–water partition coefficient (Wildman–Crippen LogP) is 1.27. The fourth-order valence-corrected chi connectivity index (χ4v) is 8.91. The van der Waals surface area contributed by atoms with E-state index in [9.17, 15) is 30.3 Å². The third-order valence-electron chi connectivity index (χ3n) is 10.7. The highest BCUT2D eigenvalue weighted by Gasteiger charge is 2.68. The van der Waals surface area contributed by atoms with Crippen LogP contribution in [0.3, 0.4) is 0 Å². The van der Waals surface area contributed by atoms with Crippen LogP contribution in [-0.2, 0) is 14.3 Å². The molecule has 1 aliphatic heterocycles. The van der Waals surface area contributed by atoms with Crippen molar-refractivity contribution in [2.75, 3.05) is 6.61 Å². The van der Waals surface area contributed by atoms with Crippen molar-refractivity contribution in [2.24, 2.45) is 34.0 Å². The molecule has 2 bridgehead atoms. The lowest BCUT2D eigenvalue weighted by atomic mass is 9.40. The van der Waals surface area contributed by atoms with E-state index in [1.165, 1.54) is 5.57 Å². The summed E-state index contributed by atoms with van der Waals surface area (Å²) in [4.78, 5) is 13.7. The van der Waals surface area contributed by atoms with E-state index < -0.39 is 54.8 Å².